The van der Waals surface area contributed by atoms with Gasteiger partial charge < -0.3 is 9.47 Å². The summed E-state index contributed by atoms with van der Waals surface area (Å²) in [7, 11) is 3.03. The number of halogens is 1. The molecule has 1 aromatic carbocycles. The van der Waals surface area contributed by atoms with Gasteiger partial charge in [0, 0.05) is 16.6 Å². The first-order valence-electron chi connectivity index (χ1n) is 6.59. The largest absolute Gasteiger partial charge is 0.493 e. The molecule has 0 fully saturated rings. The third-order valence-electron chi connectivity index (χ3n) is 2.87. The molecule has 0 aromatic heterocycles. The summed E-state index contributed by atoms with van der Waals surface area (Å²) in [6.07, 6.45) is 1.53. The van der Waals surface area contributed by atoms with E-state index in [9.17, 15) is 13.2 Å². The van der Waals surface area contributed by atoms with Gasteiger partial charge in [-0.1, -0.05) is 19.4 Å². The molecular weight excluding hydrogens is 316 g/mol. The van der Waals surface area contributed by atoms with Crippen LogP contribution in [-0.4, -0.2) is 33.9 Å². The standard InChI is InChI=1S/C14H19ClO5S/c1-3-5-11(10-21(15,17)18)9-20-13-7-4-6-12(8-13)14(16)19-2/h4,6-8,11H,3,5,9-10H2,1-2H3. The van der Waals surface area contributed by atoms with Crippen LogP contribution in [0, 0.1) is 5.92 Å². The summed E-state index contributed by atoms with van der Waals surface area (Å²) in [6.45, 7) is 2.19. The van der Waals surface area contributed by atoms with E-state index in [1.165, 1.54) is 7.11 Å². The van der Waals surface area contributed by atoms with Crippen molar-refractivity contribution >= 4 is 25.7 Å². The second-order valence-electron chi connectivity index (χ2n) is 4.69. The molecule has 0 aliphatic rings. The maximum absolute atomic E-state index is 11.4. The molecule has 0 heterocycles. The highest BCUT2D eigenvalue weighted by molar-refractivity contribution is 8.13. The summed E-state index contributed by atoms with van der Waals surface area (Å²) in [5, 5.41) is 0. The van der Waals surface area contributed by atoms with Crippen LogP contribution in [0.4, 0.5) is 0 Å². The number of carbonyl (C=O) groups excluding carboxylic acids is 1. The first-order chi connectivity index (χ1) is 9.85. The zero-order chi connectivity index (χ0) is 15.9. The molecule has 1 aromatic rings. The number of esters is 1. The number of hydrogen-bond acceptors (Lipinski definition) is 5. The average molecular weight is 335 g/mol. The Labute approximate surface area is 129 Å². The van der Waals surface area contributed by atoms with Gasteiger partial charge in [-0.05, 0) is 24.6 Å². The van der Waals surface area contributed by atoms with Gasteiger partial charge in [0.25, 0.3) is 0 Å². The molecule has 1 rings (SSSR count). The summed E-state index contributed by atoms with van der Waals surface area (Å²) >= 11 is 0. The van der Waals surface area contributed by atoms with E-state index in [0.29, 0.717) is 17.7 Å². The second kappa shape index (κ2) is 8.24. The Morgan fingerprint density at radius 1 is 1.38 bits per heavy atom. The van der Waals surface area contributed by atoms with E-state index < -0.39 is 15.0 Å². The highest BCUT2D eigenvalue weighted by atomic mass is 35.7. The van der Waals surface area contributed by atoms with Gasteiger partial charge in [-0.15, -0.1) is 0 Å². The van der Waals surface area contributed by atoms with E-state index in [0.717, 1.165) is 6.42 Å². The van der Waals surface area contributed by atoms with Crippen molar-refractivity contribution in [3.8, 4) is 5.75 Å². The fourth-order valence-corrected chi connectivity index (χ4v) is 3.31. The Balaban J connectivity index is 2.69. The number of benzene rings is 1. The predicted octanol–water partition coefficient (Wildman–Crippen LogP) is 2.84. The van der Waals surface area contributed by atoms with Crippen molar-refractivity contribution in [2.24, 2.45) is 5.92 Å². The number of ether oxygens (including phenoxy) is 2. The van der Waals surface area contributed by atoms with Crippen molar-refractivity contribution in [3.63, 3.8) is 0 Å². The minimum absolute atomic E-state index is 0.126. The molecule has 21 heavy (non-hydrogen) atoms. The summed E-state index contributed by atoms with van der Waals surface area (Å²) in [6, 6.07) is 6.55. The van der Waals surface area contributed by atoms with Crippen molar-refractivity contribution in [3.05, 3.63) is 29.8 Å². The van der Waals surface area contributed by atoms with Crippen molar-refractivity contribution in [1.82, 2.24) is 0 Å². The minimum Gasteiger partial charge on any atom is -0.493 e. The van der Waals surface area contributed by atoms with Gasteiger partial charge in [0.05, 0.1) is 25.0 Å². The smallest absolute Gasteiger partial charge is 0.337 e. The third kappa shape index (κ3) is 6.82. The van der Waals surface area contributed by atoms with E-state index in [2.05, 4.69) is 4.74 Å². The quantitative estimate of drug-likeness (QED) is 0.540. The molecule has 1 atom stereocenters. The van der Waals surface area contributed by atoms with Gasteiger partial charge in [-0.25, -0.2) is 13.2 Å². The zero-order valence-corrected chi connectivity index (χ0v) is 13.6. The van der Waals surface area contributed by atoms with Crippen molar-refractivity contribution < 1.29 is 22.7 Å². The summed E-state index contributed by atoms with van der Waals surface area (Å²) in [4.78, 5) is 11.4. The van der Waals surface area contributed by atoms with Gasteiger partial charge in [-0.2, -0.15) is 0 Å². The monoisotopic (exact) mass is 334 g/mol. The Kier molecular flexibility index (Phi) is 6.98. The Hall–Kier alpha value is -1.27. The third-order valence-corrected chi connectivity index (χ3v) is 4.12. The SMILES string of the molecule is CCCC(COc1cccc(C(=O)OC)c1)CS(=O)(=O)Cl. The Morgan fingerprint density at radius 3 is 2.67 bits per heavy atom. The molecule has 0 bridgehead atoms. The molecule has 0 aliphatic heterocycles. The Morgan fingerprint density at radius 2 is 2.10 bits per heavy atom. The first kappa shape index (κ1) is 17.8. The van der Waals surface area contributed by atoms with Gasteiger partial charge in [0.15, 0.2) is 0 Å². The fraction of sp³-hybridized carbons (Fsp3) is 0.500. The molecule has 0 saturated heterocycles. The molecule has 0 radical (unpaired) electrons. The number of rotatable bonds is 8. The van der Waals surface area contributed by atoms with E-state index in [1.54, 1.807) is 24.3 Å². The highest BCUT2D eigenvalue weighted by Gasteiger charge is 2.17. The highest BCUT2D eigenvalue weighted by Crippen LogP contribution is 2.18. The van der Waals surface area contributed by atoms with Crippen LogP contribution in [0.3, 0.4) is 0 Å². The fourth-order valence-electron chi connectivity index (χ4n) is 1.95. The normalized spacial score (nSPS) is 12.7. The van der Waals surface area contributed by atoms with E-state index >= 15 is 0 Å². The summed E-state index contributed by atoms with van der Waals surface area (Å²) < 4.78 is 32.5. The van der Waals surface area contributed by atoms with Crippen LogP contribution in [0.1, 0.15) is 30.1 Å². The van der Waals surface area contributed by atoms with Crippen LogP contribution >= 0.6 is 10.7 Å². The van der Waals surface area contributed by atoms with E-state index in [1.807, 2.05) is 6.92 Å². The lowest BCUT2D eigenvalue weighted by Gasteiger charge is -2.15. The van der Waals surface area contributed by atoms with E-state index in [4.69, 9.17) is 15.4 Å². The summed E-state index contributed by atoms with van der Waals surface area (Å²) in [5.41, 5.74) is 0.381. The molecular formula is C14H19ClO5S. The molecule has 0 N–H and O–H groups in total. The lowest BCUT2D eigenvalue weighted by molar-refractivity contribution is 0.0600. The molecule has 118 valence electrons. The van der Waals surface area contributed by atoms with Crippen LogP contribution in [0.15, 0.2) is 24.3 Å². The number of hydrogen-bond donors (Lipinski definition) is 0. The van der Waals surface area contributed by atoms with Gasteiger partial charge in [-0.3, -0.25) is 0 Å². The number of methoxy groups -OCH3 is 1. The van der Waals surface area contributed by atoms with Gasteiger partial charge in [0.2, 0.25) is 9.05 Å². The summed E-state index contributed by atoms with van der Waals surface area (Å²) in [5.74, 6) is -0.266. The van der Waals surface area contributed by atoms with E-state index in [-0.39, 0.29) is 18.3 Å². The number of carbonyl (C=O) groups is 1. The van der Waals surface area contributed by atoms with Crippen molar-refractivity contribution in [2.75, 3.05) is 19.5 Å². The van der Waals surface area contributed by atoms with Crippen LogP contribution in [0.2, 0.25) is 0 Å². The van der Waals surface area contributed by atoms with Crippen LogP contribution < -0.4 is 4.74 Å². The van der Waals surface area contributed by atoms with Gasteiger partial charge in [0.1, 0.15) is 5.75 Å². The van der Waals surface area contributed by atoms with Crippen molar-refractivity contribution in [1.29, 1.82) is 0 Å². The molecule has 7 heteroatoms. The molecule has 0 amide bonds. The molecule has 5 nitrogen and oxygen atoms in total. The maximum Gasteiger partial charge on any atom is 0.337 e. The maximum atomic E-state index is 11.4. The topological polar surface area (TPSA) is 69.7 Å². The molecule has 1 unspecified atom stereocenters. The zero-order valence-electron chi connectivity index (χ0n) is 12.0. The lowest BCUT2D eigenvalue weighted by atomic mass is 10.1. The van der Waals surface area contributed by atoms with Crippen LogP contribution in [0.5, 0.6) is 5.75 Å². The molecule has 0 saturated carbocycles. The van der Waals surface area contributed by atoms with Gasteiger partial charge >= 0.3 is 5.97 Å². The second-order valence-corrected chi connectivity index (χ2v) is 7.51. The lowest BCUT2D eigenvalue weighted by Crippen LogP contribution is -2.19. The molecule has 0 aliphatic carbocycles. The predicted molar refractivity (Wildman–Crippen MR) is 81.3 cm³/mol. The molecule has 0 spiro atoms. The van der Waals surface area contributed by atoms with Crippen molar-refractivity contribution in [2.45, 2.75) is 19.8 Å². The Bertz CT molecular complexity index is 570. The van der Waals surface area contributed by atoms with Crippen LogP contribution in [-0.2, 0) is 13.8 Å². The van der Waals surface area contributed by atoms with Crippen LogP contribution in [0.25, 0.3) is 0 Å². The average Bonchev–Trinajstić information content (AvgIpc) is 2.43. The first-order valence-corrected chi connectivity index (χ1v) is 9.07. The minimum atomic E-state index is -3.56.